The van der Waals surface area contributed by atoms with Gasteiger partial charge in [-0.1, -0.05) is 0 Å². The van der Waals surface area contributed by atoms with Crippen LogP contribution >= 0.6 is 0 Å². The van der Waals surface area contributed by atoms with Gasteiger partial charge in [-0.2, -0.15) is 0 Å². The molecule has 0 N–H and O–H groups in total. The Bertz CT molecular complexity index is 220. The third kappa shape index (κ3) is 5.89. The zero-order valence-corrected chi connectivity index (χ0v) is 12.3. The number of hydrogen-bond donors (Lipinski definition) is 0. The van der Waals surface area contributed by atoms with E-state index in [2.05, 4.69) is 0 Å². The van der Waals surface area contributed by atoms with E-state index in [-0.39, 0.29) is 0 Å². The van der Waals surface area contributed by atoms with Gasteiger partial charge in [0.05, 0.1) is 0 Å². The molecule has 0 bridgehead atoms. The third-order valence-electron chi connectivity index (χ3n) is 0.987. The molecule has 0 saturated carbocycles. The molecular formula is C7H12O6Pb. The Morgan fingerprint density at radius 1 is 0.786 bits per heavy atom. The van der Waals surface area contributed by atoms with Crippen molar-refractivity contribution >= 4 is 40.4 Å². The molecule has 0 aliphatic carbocycles. The van der Waals surface area contributed by atoms with E-state index in [1.165, 1.54) is 4.48 Å². The molecule has 0 heterocycles. The van der Waals surface area contributed by atoms with E-state index in [4.69, 9.17) is 8.06 Å². The Kier molecular flexibility index (Phi) is 5.02. The van der Waals surface area contributed by atoms with Crippen molar-refractivity contribution < 1.29 is 22.4 Å². The zero-order chi connectivity index (χ0) is 11.4. The molecule has 0 spiro atoms. The molecule has 0 aliphatic rings. The summed E-state index contributed by atoms with van der Waals surface area (Å²) in [6.45, 7) is 3.47. The fraction of sp³-hybridized carbons (Fsp3) is 0.571. The maximum atomic E-state index is 10.7. The van der Waals surface area contributed by atoms with Crippen LogP contribution in [0.4, 0.5) is 0 Å². The van der Waals surface area contributed by atoms with Crippen molar-refractivity contribution in [1.82, 2.24) is 0 Å². The minimum absolute atomic E-state index is 0.628. The second-order valence-corrected chi connectivity index (χ2v) is 11.7. The van der Waals surface area contributed by atoms with Crippen LogP contribution < -0.4 is 0 Å². The first-order valence-electron chi connectivity index (χ1n) is 3.84. The van der Waals surface area contributed by atoms with E-state index < -0.39 is 40.4 Å². The second kappa shape index (κ2) is 5.27. The number of rotatable bonds is 3. The van der Waals surface area contributed by atoms with Crippen molar-refractivity contribution in [2.24, 2.45) is 0 Å². The molecule has 0 fully saturated rings. The molecule has 0 radical (unpaired) electrons. The summed E-state index contributed by atoms with van der Waals surface area (Å²) in [5, 5.41) is 0. The van der Waals surface area contributed by atoms with Crippen LogP contribution in [0.25, 0.3) is 0 Å². The van der Waals surface area contributed by atoms with Crippen molar-refractivity contribution in [2.75, 3.05) is 0 Å². The van der Waals surface area contributed by atoms with E-state index in [0.717, 1.165) is 20.8 Å². The molecule has 0 aromatic carbocycles. The van der Waals surface area contributed by atoms with Gasteiger partial charge >= 0.3 is 88.1 Å². The van der Waals surface area contributed by atoms with E-state index in [1.54, 1.807) is 0 Å². The van der Waals surface area contributed by atoms with Gasteiger partial charge in [0.25, 0.3) is 0 Å². The number of carbonyl (C=O) groups excluding carboxylic acids is 3. The van der Waals surface area contributed by atoms with Gasteiger partial charge in [0.2, 0.25) is 0 Å². The molecule has 7 heteroatoms. The molecule has 80 valence electrons. The standard InChI is InChI=1S/3C2H4O2.CH3.Pb/c3*1-2(3)4;;/h3*1H3,(H,3,4);1H3;/q;;;;+3/p-3. The topological polar surface area (TPSA) is 78.9 Å². The number of hydrogen-bond acceptors (Lipinski definition) is 6. The second-order valence-electron chi connectivity index (χ2n) is 2.64. The van der Waals surface area contributed by atoms with Gasteiger partial charge < -0.3 is 0 Å². The Morgan fingerprint density at radius 2 is 1.00 bits per heavy atom. The Labute approximate surface area is 88.1 Å². The van der Waals surface area contributed by atoms with E-state index in [1.807, 2.05) is 0 Å². The monoisotopic (exact) mass is 400 g/mol. The van der Waals surface area contributed by atoms with Crippen LogP contribution in [-0.2, 0) is 22.4 Å². The van der Waals surface area contributed by atoms with Crippen molar-refractivity contribution in [3.8, 4) is 0 Å². The summed E-state index contributed by atoms with van der Waals surface area (Å²) >= 11 is -4.39. The summed E-state index contributed by atoms with van der Waals surface area (Å²) in [6.07, 6.45) is 0. The van der Waals surface area contributed by atoms with E-state index in [0.29, 0.717) is 0 Å². The molecule has 0 aromatic rings. The summed E-state index contributed by atoms with van der Waals surface area (Å²) in [5.41, 5.74) is 0. The van der Waals surface area contributed by atoms with Gasteiger partial charge in [-0.3, -0.25) is 0 Å². The van der Waals surface area contributed by atoms with Crippen LogP contribution in [-0.4, -0.2) is 40.4 Å². The predicted octanol–water partition coefficient (Wildman–Crippen LogP) is 0.244. The fourth-order valence-electron chi connectivity index (χ4n) is 0.846. The Hall–Kier alpha value is -0.668. The Morgan fingerprint density at radius 3 is 1.14 bits per heavy atom. The predicted molar refractivity (Wildman–Crippen MR) is 46.9 cm³/mol. The maximum absolute atomic E-state index is 10.7. The molecule has 0 aliphatic heterocycles. The fourth-order valence-corrected chi connectivity index (χ4v) is 7.42. The third-order valence-corrected chi connectivity index (χ3v) is 8.66. The SMILES string of the molecule is CC(=O)[O][Pb]([CH3])([O]C(C)=O)[O]C(C)=O. The Balaban J connectivity index is 4.56. The molecule has 0 saturated heterocycles. The van der Waals surface area contributed by atoms with Crippen LogP contribution in [0, 0.1) is 0 Å². The van der Waals surface area contributed by atoms with E-state index in [9.17, 15) is 14.4 Å². The van der Waals surface area contributed by atoms with E-state index >= 15 is 0 Å². The van der Waals surface area contributed by atoms with Gasteiger partial charge in [0.15, 0.2) is 0 Å². The molecule has 0 unspecified atom stereocenters. The normalized spacial score (nSPS) is 10.3. The summed E-state index contributed by atoms with van der Waals surface area (Å²) in [5.74, 6) is -1.88. The summed E-state index contributed by atoms with van der Waals surface area (Å²) in [6, 6.07) is 0. The van der Waals surface area contributed by atoms with Gasteiger partial charge in [-0.25, -0.2) is 0 Å². The average Bonchev–Trinajstić information content (AvgIpc) is 1.76. The van der Waals surface area contributed by atoms with Crippen LogP contribution in [0.3, 0.4) is 0 Å². The minimum atomic E-state index is -4.39. The number of carbonyl (C=O) groups is 3. The first-order valence-corrected chi connectivity index (χ1v) is 12.5. The first-order chi connectivity index (χ1) is 6.25. The van der Waals surface area contributed by atoms with Crippen molar-refractivity contribution in [3.63, 3.8) is 0 Å². The molecule has 0 amide bonds. The summed E-state index contributed by atoms with van der Waals surface area (Å²) in [4.78, 5) is 32.0. The zero-order valence-electron chi connectivity index (χ0n) is 8.45. The quantitative estimate of drug-likeness (QED) is 0.633. The van der Waals surface area contributed by atoms with Crippen LogP contribution in [0.5, 0.6) is 0 Å². The molecule has 0 aromatic heterocycles. The van der Waals surface area contributed by atoms with Crippen molar-refractivity contribution in [3.05, 3.63) is 0 Å². The molecule has 0 rings (SSSR count). The van der Waals surface area contributed by atoms with Gasteiger partial charge in [0.1, 0.15) is 0 Å². The molecule has 0 atom stereocenters. The summed E-state index contributed by atoms with van der Waals surface area (Å²) in [7, 11) is 0. The van der Waals surface area contributed by atoms with Gasteiger partial charge in [-0.05, 0) is 0 Å². The van der Waals surface area contributed by atoms with Gasteiger partial charge in [0, 0.05) is 0 Å². The van der Waals surface area contributed by atoms with Crippen molar-refractivity contribution in [2.45, 2.75) is 25.3 Å². The average molecular weight is 399 g/mol. The van der Waals surface area contributed by atoms with Crippen LogP contribution in [0.15, 0.2) is 0 Å². The van der Waals surface area contributed by atoms with Crippen LogP contribution in [0.2, 0.25) is 4.48 Å². The van der Waals surface area contributed by atoms with Crippen molar-refractivity contribution in [1.29, 1.82) is 0 Å². The first kappa shape index (κ1) is 13.3. The molecular weight excluding hydrogens is 387 g/mol. The molecule has 6 nitrogen and oxygen atoms in total. The summed E-state index contributed by atoms with van der Waals surface area (Å²) < 4.78 is 15.6. The molecule has 14 heavy (non-hydrogen) atoms. The van der Waals surface area contributed by atoms with Crippen LogP contribution in [0.1, 0.15) is 20.8 Å². The van der Waals surface area contributed by atoms with Gasteiger partial charge in [-0.15, -0.1) is 0 Å².